The number of aromatic nitrogens is 1. The Kier molecular flexibility index (Phi) is 4.84. The van der Waals surface area contributed by atoms with Crippen LogP contribution in [0.15, 0.2) is 12.1 Å². The van der Waals surface area contributed by atoms with E-state index in [4.69, 9.17) is 23.7 Å². The molecule has 0 saturated heterocycles. The number of nitrogens with zero attached hydrogens (tertiary/aromatic N) is 1. The van der Waals surface area contributed by atoms with Gasteiger partial charge in [-0.15, -0.1) is 0 Å². The molecule has 0 unspecified atom stereocenters. The molecule has 0 aliphatic heterocycles. The summed E-state index contributed by atoms with van der Waals surface area (Å²) >= 11 is 4.94. The first kappa shape index (κ1) is 13.4. The third kappa shape index (κ3) is 4.36. The maximum atomic E-state index is 10.6. The van der Waals surface area contributed by atoms with Crippen molar-refractivity contribution in [1.29, 1.82) is 0 Å². The lowest BCUT2D eigenvalue weighted by atomic mass is 10.2. The first-order chi connectivity index (χ1) is 8.00. The molecule has 1 amide bonds. The lowest BCUT2D eigenvalue weighted by Gasteiger charge is -2.10. The van der Waals surface area contributed by atoms with Gasteiger partial charge in [0.15, 0.2) is 0 Å². The predicted molar refractivity (Wildman–Crippen MR) is 71.8 cm³/mol. The van der Waals surface area contributed by atoms with Crippen LogP contribution in [0.1, 0.15) is 24.1 Å². The van der Waals surface area contributed by atoms with Crippen molar-refractivity contribution in [1.82, 2.24) is 4.98 Å². The van der Waals surface area contributed by atoms with Crippen LogP contribution in [0.4, 0.5) is 5.82 Å². The van der Waals surface area contributed by atoms with E-state index in [0.29, 0.717) is 35.8 Å². The van der Waals surface area contributed by atoms with Gasteiger partial charge in [-0.25, -0.2) is 4.98 Å². The maximum absolute atomic E-state index is 10.6. The molecule has 1 rings (SSSR count). The van der Waals surface area contributed by atoms with E-state index in [9.17, 15) is 4.79 Å². The fourth-order valence-electron chi connectivity index (χ4n) is 1.36. The van der Waals surface area contributed by atoms with Gasteiger partial charge in [-0.2, -0.15) is 0 Å². The Bertz CT molecular complexity index is 433. The molecule has 0 spiro atoms. The standard InChI is InChI=1S/C11H16N4OS/c1-7-4-5-8(10(13)17)11(15-7)14-6-2-3-9(12)16/h4-5H,2-3,6H2,1H3,(H2,12,16)(H2,13,17)(H,14,15). The number of carbonyl (C=O) groups is 1. The summed E-state index contributed by atoms with van der Waals surface area (Å²) < 4.78 is 0. The second kappa shape index (κ2) is 6.15. The van der Waals surface area contributed by atoms with Crippen LogP contribution in [0.25, 0.3) is 0 Å². The summed E-state index contributed by atoms with van der Waals surface area (Å²) in [6.45, 7) is 2.49. The number of anilines is 1. The third-order valence-corrected chi connectivity index (χ3v) is 2.41. The Morgan fingerprint density at radius 2 is 2.18 bits per heavy atom. The van der Waals surface area contributed by atoms with E-state index >= 15 is 0 Å². The molecule has 0 aliphatic rings. The molecule has 0 aliphatic carbocycles. The SMILES string of the molecule is Cc1ccc(C(N)=S)c(NCCCC(N)=O)n1. The number of thiocarbonyl (C=S) groups is 1. The van der Waals surface area contributed by atoms with E-state index in [1.54, 1.807) is 0 Å². The van der Waals surface area contributed by atoms with E-state index in [2.05, 4.69) is 10.3 Å². The predicted octanol–water partition coefficient (Wildman–Crippen LogP) is 0.702. The zero-order valence-corrected chi connectivity index (χ0v) is 10.5. The summed E-state index contributed by atoms with van der Waals surface area (Å²) in [5, 5.41) is 3.10. The Labute approximate surface area is 106 Å². The highest BCUT2D eigenvalue weighted by molar-refractivity contribution is 7.80. The third-order valence-electron chi connectivity index (χ3n) is 2.19. The van der Waals surface area contributed by atoms with Gasteiger partial charge in [0.2, 0.25) is 5.91 Å². The zero-order valence-electron chi connectivity index (χ0n) is 9.69. The molecule has 1 aromatic rings. The summed E-state index contributed by atoms with van der Waals surface area (Å²) in [5.74, 6) is 0.348. The fraction of sp³-hybridized carbons (Fsp3) is 0.364. The second-order valence-corrected chi connectivity index (χ2v) is 4.15. The highest BCUT2D eigenvalue weighted by atomic mass is 32.1. The minimum absolute atomic E-state index is 0.301. The van der Waals surface area contributed by atoms with Gasteiger partial charge < -0.3 is 16.8 Å². The molecule has 5 nitrogen and oxygen atoms in total. The average molecular weight is 252 g/mol. The topological polar surface area (TPSA) is 94.0 Å². The van der Waals surface area contributed by atoms with Crippen molar-refractivity contribution in [3.8, 4) is 0 Å². The van der Waals surface area contributed by atoms with Crippen molar-refractivity contribution < 1.29 is 4.79 Å². The van der Waals surface area contributed by atoms with E-state index in [-0.39, 0.29) is 5.91 Å². The van der Waals surface area contributed by atoms with Crippen LogP contribution in [-0.4, -0.2) is 22.4 Å². The number of rotatable bonds is 6. The number of amides is 1. The number of nitrogens with one attached hydrogen (secondary N) is 1. The Hall–Kier alpha value is -1.69. The van der Waals surface area contributed by atoms with Crippen LogP contribution in [0.2, 0.25) is 0 Å². The van der Waals surface area contributed by atoms with Crippen LogP contribution < -0.4 is 16.8 Å². The zero-order chi connectivity index (χ0) is 12.8. The molecule has 92 valence electrons. The van der Waals surface area contributed by atoms with Crippen LogP contribution in [-0.2, 0) is 4.79 Å². The van der Waals surface area contributed by atoms with Gasteiger partial charge in [-0.1, -0.05) is 12.2 Å². The summed E-state index contributed by atoms with van der Waals surface area (Å²) in [6.07, 6.45) is 1.00. The molecule has 1 heterocycles. The molecule has 1 aromatic heterocycles. The van der Waals surface area contributed by atoms with Gasteiger partial charge in [-0.05, 0) is 25.5 Å². The lowest BCUT2D eigenvalue weighted by Crippen LogP contribution is -2.17. The summed E-state index contributed by atoms with van der Waals surface area (Å²) in [4.78, 5) is 15.2. The van der Waals surface area contributed by atoms with E-state index in [0.717, 1.165) is 5.69 Å². The van der Waals surface area contributed by atoms with Crippen molar-refractivity contribution in [2.75, 3.05) is 11.9 Å². The van der Waals surface area contributed by atoms with Crippen LogP contribution in [0.5, 0.6) is 0 Å². The minimum Gasteiger partial charge on any atom is -0.389 e. The van der Waals surface area contributed by atoms with Gasteiger partial charge in [0, 0.05) is 18.7 Å². The number of hydrogen-bond acceptors (Lipinski definition) is 4. The van der Waals surface area contributed by atoms with Crippen molar-refractivity contribution in [3.05, 3.63) is 23.4 Å². The minimum atomic E-state index is -0.307. The molecule has 0 bridgehead atoms. The first-order valence-corrected chi connectivity index (χ1v) is 5.71. The number of hydrogen-bond donors (Lipinski definition) is 3. The highest BCUT2D eigenvalue weighted by Crippen LogP contribution is 2.13. The number of pyridine rings is 1. The highest BCUT2D eigenvalue weighted by Gasteiger charge is 2.06. The Morgan fingerprint density at radius 1 is 1.47 bits per heavy atom. The quantitative estimate of drug-likeness (QED) is 0.512. The van der Waals surface area contributed by atoms with E-state index < -0.39 is 0 Å². The van der Waals surface area contributed by atoms with Crippen molar-refractivity contribution in [3.63, 3.8) is 0 Å². The molecule has 0 radical (unpaired) electrons. The van der Waals surface area contributed by atoms with E-state index in [1.807, 2.05) is 19.1 Å². The number of nitrogens with two attached hydrogens (primary N) is 2. The van der Waals surface area contributed by atoms with Gasteiger partial charge >= 0.3 is 0 Å². The summed E-state index contributed by atoms with van der Waals surface area (Å²) in [5.41, 5.74) is 12.2. The second-order valence-electron chi connectivity index (χ2n) is 3.71. The first-order valence-electron chi connectivity index (χ1n) is 5.30. The molecule has 5 N–H and O–H groups in total. The Morgan fingerprint density at radius 3 is 2.76 bits per heavy atom. The monoisotopic (exact) mass is 252 g/mol. The Balaban J connectivity index is 2.65. The maximum Gasteiger partial charge on any atom is 0.217 e. The normalized spacial score (nSPS) is 9.94. The smallest absolute Gasteiger partial charge is 0.217 e. The molecular formula is C11H16N4OS. The summed E-state index contributed by atoms with van der Waals surface area (Å²) in [6, 6.07) is 3.68. The molecule has 0 aromatic carbocycles. The number of aryl methyl sites for hydroxylation is 1. The summed E-state index contributed by atoms with van der Waals surface area (Å²) in [7, 11) is 0. The molecule has 0 atom stereocenters. The van der Waals surface area contributed by atoms with E-state index in [1.165, 1.54) is 0 Å². The molecular weight excluding hydrogens is 236 g/mol. The fourth-order valence-corrected chi connectivity index (χ4v) is 1.52. The van der Waals surface area contributed by atoms with Gasteiger partial charge in [0.25, 0.3) is 0 Å². The number of carbonyl (C=O) groups excluding carboxylic acids is 1. The average Bonchev–Trinajstić information content (AvgIpc) is 2.23. The van der Waals surface area contributed by atoms with Crippen LogP contribution >= 0.6 is 12.2 Å². The van der Waals surface area contributed by atoms with Gasteiger partial charge in [-0.3, -0.25) is 4.79 Å². The van der Waals surface area contributed by atoms with Gasteiger partial charge in [0.1, 0.15) is 10.8 Å². The molecule has 0 saturated carbocycles. The largest absolute Gasteiger partial charge is 0.389 e. The van der Waals surface area contributed by atoms with Crippen LogP contribution in [0.3, 0.4) is 0 Å². The van der Waals surface area contributed by atoms with Crippen molar-refractivity contribution in [2.45, 2.75) is 19.8 Å². The lowest BCUT2D eigenvalue weighted by molar-refractivity contribution is -0.118. The van der Waals surface area contributed by atoms with Crippen LogP contribution in [0, 0.1) is 6.92 Å². The van der Waals surface area contributed by atoms with Crippen molar-refractivity contribution in [2.24, 2.45) is 11.5 Å². The molecule has 0 fully saturated rings. The van der Waals surface area contributed by atoms with Gasteiger partial charge in [0.05, 0.1) is 5.56 Å². The number of primary amides is 1. The van der Waals surface area contributed by atoms with Crippen molar-refractivity contribution >= 4 is 28.9 Å². The molecule has 6 heteroatoms. The molecule has 17 heavy (non-hydrogen) atoms.